The lowest BCUT2D eigenvalue weighted by molar-refractivity contribution is 0.0896. The van der Waals surface area contributed by atoms with Gasteiger partial charge in [0, 0.05) is 12.6 Å². The molecule has 2 aromatic rings. The van der Waals surface area contributed by atoms with Gasteiger partial charge in [-0.1, -0.05) is 57.7 Å². The van der Waals surface area contributed by atoms with Crippen molar-refractivity contribution in [1.29, 1.82) is 0 Å². The molecule has 5 nitrogen and oxygen atoms in total. The van der Waals surface area contributed by atoms with Crippen LogP contribution in [0.5, 0.6) is 5.75 Å². The number of hydrogen-bond acceptors (Lipinski definition) is 4. The Morgan fingerprint density at radius 3 is 2.35 bits per heavy atom. The van der Waals surface area contributed by atoms with E-state index >= 15 is 0 Å². The molecule has 1 amide bonds. The molecule has 5 heteroatoms. The third-order valence-electron chi connectivity index (χ3n) is 5.41. The van der Waals surface area contributed by atoms with Gasteiger partial charge in [0.05, 0.1) is 0 Å². The lowest BCUT2D eigenvalue weighted by atomic mass is 10.2. The van der Waals surface area contributed by atoms with Crippen molar-refractivity contribution in [3.05, 3.63) is 53.5 Å². The van der Waals surface area contributed by atoms with Crippen LogP contribution in [0.25, 0.3) is 0 Å². The van der Waals surface area contributed by atoms with E-state index < -0.39 is 0 Å². The number of carbonyl (C=O) groups excluding carboxylic acids is 1. The zero-order valence-electron chi connectivity index (χ0n) is 19.8. The summed E-state index contributed by atoms with van der Waals surface area (Å²) in [4.78, 5) is 15.1. The van der Waals surface area contributed by atoms with Gasteiger partial charge in [-0.3, -0.25) is 4.79 Å². The molecular formula is C26H40N2O3. The van der Waals surface area contributed by atoms with Gasteiger partial charge in [-0.05, 0) is 63.5 Å². The topological polar surface area (TPSA) is 54.7 Å². The van der Waals surface area contributed by atoms with Crippen molar-refractivity contribution >= 4 is 5.91 Å². The highest BCUT2D eigenvalue weighted by molar-refractivity contribution is 5.91. The quantitative estimate of drug-likeness (QED) is 0.355. The average Bonchev–Trinajstić information content (AvgIpc) is 3.22. The van der Waals surface area contributed by atoms with E-state index in [9.17, 15) is 4.79 Å². The predicted octanol–water partition coefficient (Wildman–Crippen LogP) is 5.97. The summed E-state index contributed by atoms with van der Waals surface area (Å²) in [7, 11) is 0. The zero-order valence-corrected chi connectivity index (χ0v) is 19.8. The average molecular weight is 429 g/mol. The lowest BCUT2D eigenvalue weighted by Crippen LogP contribution is -2.42. The fraction of sp³-hybridized carbons (Fsp3) is 0.577. The molecule has 31 heavy (non-hydrogen) atoms. The first kappa shape index (κ1) is 25.0. The molecule has 1 heterocycles. The van der Waals surface area contributed by atoms with Gasteiger partial charge in [0.2, 0.25) is 0 Å². The monoisotopic (exact) mass is 428 g/mol. The first-order valence-electron chi connectivity index (χ1n) is 11.8. The molecular weight excluding hydrogens is 388 g/mol. The third kappa shape index (κ3) is 9.18. The van der Waals surface area contributed by atoms with Crippen LogP contribution >= 0.6 is 0 Å². The van der Waals surface area contributed by atoms with Gasteiger partial charge in [-0.15, -0.1) is 0 Å². The Bertz CT molecular complexity index is 762. The maximum atomic E-state index is 12.6. The SMILES string of the molecule is CCCCCN(CCCCC)CC(C)NC(=O)c1ccc(COc2ccccc2C)o1. The molecule has 0 fully saturated rings. The Morgan fingerprint density at radius 1 is 1.03 bits per heavy atom. The number of nitrogens with zero attached hydrogens (tertiary/aromatic N) is 1. The molecule has 0 saturated carbocycles. The van der Waals surface area contributed by atoms with E-state index in [1.54, 1.807) is 12.1 Å². The Hall–Kier alpha value is -2.27. The molecule has 1 N–H and O–H groups in total. The summed E-state index contributed by atoms with van der Waals surface area (Å²) in [6.45, 7) is 11.9. The van der Waals surface area contributed by atoms with Gasteiger partial charge in [0.25, 0.3) is 5.91 Å². The molecule has 0 spiro atoms. The number of aryl methyl sites for hydroxylation is 1. The highest BCUT2D eigenvalue weighted by atomic mass is 16.5. The maximum absolute atomic E-state index is 12.6. The molecule has 2 rings (SSSR count). The smallest absolute Gasteiger partial charge is 0.287 e. The van der Waals surface area contributed by atoms with Crippen molar-refractivity contribution in [3.63, 3.8) is 0 Å². The van der Waals surface area contributed by atoms with Gasteiger partial charge in [-0.25, -0.2) is 0 Å². The first-order chi connectivity index (χ1) is 15.0. The van der Waals surface area contributed by atoms with Crippen molar-refractivity contribution in [2.24, 2.45) is 0 Å². The molecule has 0 aliphatic carbocycles. The molecule has 0 radical (unpaired) electrons. The molecule has 0 saturated heterocycles. The van der Waals surface area contributed by atoms with Gasteiger partial charge in [0.1, 0.15) is 18.1 Å². The van der Waals surface area contributed by atoms with Crippen LogP contribution in [-0.2, 0) is 6.61 Å². The molecule has 1 atom stereocenters. The Morgan fingerprint density at radius 2 is 1.71 bits per heavy atom. The molecule has 1 aromatic heterocycles. The highest BCUT2D eigenvalue weighted by Gasteiger charge is 2.16. The van der Waals surface area contributed by atoms with Crippen molar-refractivity contribution < 1.29 is 13.9 Å². The van der Waals surface area contributed by atoms with Crippen LogP contribution < -0.4 is 10.1 Å². The second-order valence-corrected chi connectivity index (χ2v) is 8.41. The summed E-state index contributed by atoms with van der Waals surface area (Å²) in [6.07, 6.45) is 7.39. The van der Waals surface area contributed by atoms with Crippen LogP contribution in [0.15, 0.2) is 40.8 Å². The van der Waals surface area contributed by atoms with Crippen LogP contribution in [0.4, 0.5) is 0 Å². The first-order valence-corrected chi connectivity index (χ1v) is 11.8. The summed E-state index contributed by atoms with van der Waals surface area (Å²) in [5.74, 6) is 1.63. The number of furan rings is 1. The van der Waals surface area contributed by atoms with Crippen LogP contribution in [-0.4, -0.2) is 36.5 Å². The third-order valence-corrected chi connectivity index (χ3v) is 5.41. The van der Waals surface area contributed by atoms with E-state index in [2.05, 4.69) is 31.0 Å². The molecule has 1 unspecified atom stereocenters. The van der Waals surface area contributed by atoms with Gasteiger partial charge in [0.15, 0.2) is 5.76 Å². The second kappa shape index (κ2) is 13.9. The number of carbonyl (C=O) groups is 1. The number of rotatable bonds is 15. The molecule has 0 aliphatic rings. The normalized spacial score (nSPS) is 12.2. The van der Waals surface area contributed by atoms with E-state index in [0.29, 0.717) is 18.1 Å². The van der Waals surface area contributed by atoms with Crippen LogP contribution in [0, 0.1) is 6.92 Å². The molecule has 0 aliphatic heterocycles. The summed E-state index contributed by atoms with van der Waals surface area (Å²) in [5, 5.41) is 3.09. The second-order valence-electron chi connectivity index (χ2n) is 8.41. The van der Waals surface area contributed by atoms with E-state index in [1.165, 1.54) is 38.5 Å². The molecule has 0 bridgehead atoms. The fourth-order valence-corrected chi connectivity index (χ4v) is 3.64. The van der Waals surface area contributed by atoms with Crippen molar-refractivity contribution in [1.82, 2.24) is 10.2 Å². The van der Waals surface area contributed by atoms with E-state index in [0.717, 1.165) is 30.9 Å². The number of para-hydroxylation sites is 1. The lowest BCUT2D eigenvalue weighted by Gasteiger charge is -2.26. The maximum Gasteiger partial charge on any atom is 0.287 e. The minimum Gasteiger partial charge on any atom is -0.485 e. The zero-order chi connectivity index (χ0) is 22.5. The Balaban J connectivity index is 1.83. The van der Waals surface area contributed by atoms with Crippen molar-refractivity contribution in [2.45, 2.75) is 78.9 Å². The van der Waals surface area contributed by atoms with E-state index in [4.69, 9.17) is 9.15 Å². The summed E-state index contributed by atoms with van der Waals surface area (Å²) < 4.78 is 11.5. The minimum absolute atomic E-state index is 0.0625. The van der Waals surface area contributed by atoms with Crippen LogP contribution in [0.1, 0.15) is 81.2 Å². The summed E-state index contributed by atoms with van der Waals surface area (Å²) >= 11 is 0. The van der Waals surface area contributed by atoms with Crippen LogP contribution in [0.3, 0.4) is 0 Å². The summed E-state index contributed by atoms with van der Waals surface area (Å²) in [6, 6.07) is 11.4. The number of amides is 1. The summed E-state index contributed by atoms with van der Waals surface area (Å²) in [5.41, 5.74) is 1.07. The minimum atomic E-state index is -0.170. The number of benzene rings is 1. The highest BCUT2D eigenvalue weighted by Crippen LogP contribution is 2.18. The Labute approximate surface area is 188 Å². The van der Waals surface area contributed by atoms with E-state index in [1.807, 2.05) is 31.2 Å². The van der Waals surface area contributed by atoms with Gasteiger partial charge < -0.3 is 19.4 Å². The number of nitrogens with one attached hydrogen (secondary N) is 1. The van der Waals surface area contributed by atoms with Crippen molar-refractivity contribution in [2.75, 3.05) is 19.6 Å². The predicted molar refractivity (Wildman–Crippen MR) is 127 cm³/mol. The molecule has 172 valence electrons. The Kier molecular flexibility index (Phi) is 11.2. The standard InChI is InChI=1S/C26H40N2O3/c1-5-7-11-17-28(18-12-8-6-2)19-22(4)27-26(29)25-16-15-23(31-25)20-30-24-14-10-9-13-21(24)3/h9-10,13-16,22H,5-8,11-12,17-20H2,1-4H3,(H,27,29). The fourth-order valence-electron chi connectivity index (χ4n) is 3.64. The number of ether oxygens (including phenoxy) is 1. The number of hydrogen-bond donors (Lipinski definition) is 1. The van der Waals surface area contributed by atoms with E-state index in [-0.39, 0.29) is 11.9 Å². The van der Waals surface area contributed by atoms with Crippen molar-refractivity contribution in [3.8, 4) is 5.75 Å². The molecule has 1 aromatic carbocycles. The van der Waals surface area contributed by atoms with Crippen LogP contribution in [0.2, 0.25) is 0 Å². The largest absolute Gasteiger partial charge is 0.485 e. The van der Waals surface area contributed by atoms with Gasteiger partial charge in [-0.2, -0.15) is 0 Å². The van der Waals surface area contributed by atoms with Gasteiger partial charge >= 0.3 is 0 Å². The number of unbranched alkanes of at least 4 members (excludes halogenated alkanes) is 4.